The number of thiophene rings is 1. The van der Waals surface area contributed by atoms with Crippen LogP contribution in [0, 0.1) is 0 Å². The topological polar surface area (TPSA) is 70.2 Å². The van der Waals surface area contributed by atoms with Crippen molar-refractivity contribution >= 4 is 50.7 Å². The Kier molecular flexibility index (Phi) is 5.01. The Bertz CT molecular complexity index is 936. The minimum Gasteiger partial charge on any atom is -0.354 e. The van der Waals surface area contributed by atoms with E-state index in [1.165, 1.54) is 11.3 Å². The number of aromatic nitrogens is 2. The molecule has 1 aliphatic rings. The molecule has 2 N–H and O–H groups in total. The number of halogens is 1. The SMILES string of the molecule is O=C(Nc1ccccc1Cl)c1csc2ncc(N3CCCNCC3)nc12. The highest BCUT2D eigenvalue weighted by Gasteiger charge is 2.18. The van der Waals surface area contributed by atoms with Crippen molar-refractivity contribution in [2.75, 3.05) is 36.4 Å². The number of fused-ring (bicyclic) bond motifs is 1. The Morgan fingerprint density at radius 3 is 3.04 bits per heavy atom. The molecule has 1 fully saturated rings. The van der Waals surface area contributed by atoms with Crippen molar-refractivity contribution in [3.05, 3.63) is 46.4 Å². The summed E-state index contributed by atoms with van der Waals surface area (Å²) in [5, 5.41) is 8.54. The van der Waals surface area contributed by atoms with Crippen LogP contribution in [0.2, 0.25) is 5.02 Å². The molecule has 3 aromatic rings. The molecule has 3 heterocycles. The number of para-hydroxylation sites is 1. The summed E-state index contributed by atoms with van der Waals surface area (Å²) < 4.78 is 0. The van der Waals surface area contributed by atoms with Gasteiger partial charge < -0.3 is 15.5 Å². The largest absolute Gasteiger partial charge is 0.354 e. The lowest BCUT2D eigenvalue weighted by molar-refractivity contribution is 0.102. The highest BCUT2D eigenvalue weighted by molar-refractivity contribution is 7.17. The molecule has 134 valence electrons. The van der Waals surface area contributed by atoms with Crippen molar-refractivity contribution in [3.63, 3.8) is 0 Å². The van der Waals surface area contributed by atoms with E-state index in [0.717, 1.165) is 43.2 Å². The maximum Gasteiger partial charge on any atom is 0.258 e. The second-order valence-corrected chi connectivity index (χ2v) is 7.32. The van der Waals surface area contributed by atoms with Gasteiger partial charge in [-0.2, -0.15) is 0 Å². The third-order valence-electron chi connectivity index (χ3n) is 4.30. The second-order valence-electron chi connectivity index (χ2n) is 6.06. The molecule has 1 aromatic carbocycles. The first kappa shape index (κ1) is 17.2. The molecular weight excluding hydrogens is 370 g/mol. The molecule has 2 aromatic heterocycles. The highest BCUT2D eigenvalue weighted by Crippen LogP contribution is 2.27. The van der Waals surface area contributed by atoms with E-state index >= 15 is 0 Å². The molecule has 0 bridgehead atoms. The number of hydrogen-bond acceptors (Lipinski definition) is 6. The Morgan fingerprint density at radius 2 is 2.15 bits per heavy atom. The van der Waals surface area contributed by atoms with Crippen LogP contribution < -0.4 is 15.5 Å². The van der Waals surface area contributed by atoms with Crippen LogP contribution in [0.5, 0.6) is 0 Å². The number of amides is 1. The summed E-state index contributed by atoms with van der Waals surface area (Å²) in [7, 11) is 0. The van der Waals surface area contributed by atoms with Gasteiger partial charge >= 0.3 is 0 Å². The van der Waals surface area contributed by atoms with Crippen LogP contribution in [0.15, 0.2) is 35.8 Å². The van der Waals surface area contributed by atoms with Gasteiger partial charge in [-0.1, -0.05) is 23.7 Å². The van der Waals surface area contributed by atoms with Gasteiger partial charge in [0.1, 0.15) is 16.2 Å². The van der Waals surface area contributed by atoms with Crippen LogP contribution in [-0.2, 0) is 0 Å². The maximum atomic E-state index is 12.7. The summed E-state index contributed by atoms with van der Waals surface area (Å²) in [6.45, 7) is 3.74. The smallest absolute Gasteiger partial charge is 0.258 e. The van der Waals surface area contributed by atoms with Crippen LogP contribution in [0.3, 0.4) is 0 Å². The molecule has 1 saturated heterocycles. The van der Waals surface area contributed by atoms with Gasteiger partial charge in [-0.3, -0.25) is 4.79 Å². The number of anilines is 2. The standard InChI is InChI=1S/C18H18ClN5OS/c19-13-4-1-2-5-14(13)22-17(25)12-11-26-18-16(12)23-15(10-21-18)24-8-3-6-20-7-9-24/h1-2,4-5,10-11,20H,3,6-9H2,(H,22,25). The lowest BCUT2D eigenvalue weighted by Gasteiger charge is -2.20. The van der Waals surface area contributed by atoms with Gasteiger partial charge in [0.2, 0.25) is 0 Å². The molecule has 8 heteroatoms. The van der Waals surface area contributed by atoms with Crippen molar-refractivity contribution < 1.29 is 4.79 Å². The lowest BCUT2D eigenvalue weighted by Crippen LogP contribution is -2.28. The number of nitrogens with zero attached hydrogens (tertiary/aromatic N) is 3. The summed E-state index contributed by atoms with van der Waals surface area (Å²) in [4.78, 5) is 24.9. The number of carbonyl (C=O) groups excluding carboxylic acids is 1. The monoisotopic (exact) mass is 387 g/mol. The molecule has 4 rings (SSSR count). The number of carbonyl (C=O) groups is 1. The summed E-state index contributed by atoms with van der Waals surface area (Å²) in [5.41, 5.74) is 1.74. The molecule has 0 radical (unpaired) electrons. The normalized spacial score (nSPS) is 15.0. The van der Waals surface area contributed by atoms with Crippen LogP contribution in [0.25, 0.3) is 10.3 Å². The Labute approximate surface area is 160 Å². The number of rotatable bonds is 3. The highest BCUT2D eigenvalue weighted by atomic mass is 35.5. The number of nitrogens with one attached hydrogen (secondary N) is 2. The van der Waals surface area contributed by atoms with E-state index in [1.807, 2.05) is 12.1 Å². The fraction of sp³-hybridized carbons (Fsp3) is 0.278. The quantitative estimate of drug-likeness (QED) is 0.720. The summed E-state index contributed by atoms with van der Waals surface area (Å²) in [6.07, 6.45) is 2.85. The van der Waals surface area contributed by atoms with E-state index in [2.05, 4.69) is 20.5 Å². The minimum atomic E-state index is -0.228. The second kappa shape index (κ2) is 7.57. The Morgan fingerprint density at radius 1 is 1.27 bits per heavy atom. The van der Waals surface area contributed by atoms with E-state index in [1.54, 1.807) is 23.7 Å². The molecule has 0 spiro atoms. The number of hydrogen-bond donors (Lipinski definition) is 2. The molecule has 26 heavy (non-hydrogen) atoms. The first-order chi connectivity index (χ1) is 12.7. The van der Waals surface area contributed by atoms with E-state index in [4.69, 9.17) is 16.6 Å². The van der Waals surface area contributed by atoms with Crippen LogP contribution in [-0.4, -0.2) is 42.1 Å². The van der Waals surface area contributed by atoms with Crippen molar-refractivity contribution in [1.29, 1.82) is 0 Å². The van der Waals surface area contributed by atoms with Gasteiger partial charge in [0, 0.05) is 25.0 Å². The molecule has 0 aliphatic carbocycles. The van der Waals surface area contributed by atoms with E-state index < -0.39 is 0 Å². The fourth-order valence-electron chi connectivity index (χ4n) is 2.94. The van der Waals surface area contributed by atoms with E-state index in [9.17, 15) is 4.79 Å². The average molecular weight is 388 g/mol. The zero-order chi connectivity index (χ0) is 17.9. The summed E-state index contributed by atoms with van der Waals surface area (Å²) >= 11 is 7.56. The zero-order valence-corrected chi connectivity index (χ0v) is 15.6. The molecular formula is C18H18ClN5OS. The predicted molar refractivity (Wildman–Crippen MR) is 107 cm³/mol. The van der Waals surface area contributed by atoms with Gasteiger partial charge in [0.15, 0.2) is 0 Å². The van der Waals surface area contributed by atoms with E-state index in [0.29, 0.717) is 21.8 Å². The first-order valence-electron chi connectivity index (χ1n) is 8.48. The third-order valence-corrected chi connectivity index (χ3v) is 5.51. The molecule has 0 unspecified atom stereocenters. The van der Waals surface area contributed by atoms with Crippen LogP contribution in [0.4, 0.5) is 11.5 Å². The van der Waals surface area contributed by atoms with Gasteiger partial charge in [0.25, 0.3) is 5.91 Å². The van der Waals surface area contributed by atoms with Crippen molar-refractivity contribution in [1.82, 2.24) is 15.3 Å². The summed E-state index contributed by atoms with van der Waals surface area (Å²) in [6, 6.07) is 7.18. The number of benzene rings is 1. The molecule has 0 saturated carbocycles. The van der Waals surface area contributed by atoms with Gasteiger partial charge in [0.05, 0.1) is 22.5 Å². The average Bonchev–Trinajstić information content (AvgIpc) is 2.88. The fourth-order valence-corrected chi connectivity index (χ4v) is 3.95. The third kappa shape index (κ3) is 3.51. The van der Waals surface area contributed by atoms with Crippen LogP contribution >= 0.6 is 22.9 Å². The molecule has 6 nitrogen and oxygen atoms in total. The first-order valence-corrected chi connectivity index (χ1v) is 9.74. The van der Waals surface area contributed by atoms with Gasteiger partial charge in [-0.25, -0.2) is 9.97 Å². The molecule has 0 atom stereocenters. The lowest BCUT2D eigenvalue weighted by atomic mass is 10.2. The van der Waals surface area contributed by atoms with Gasteiger partial charge in [-0.15, -0.1) is 11.3 Å². The van der Waals surface area contributed by atoms with Crippen LogP contribution in [0.1, 0.15) is 16.8 Å². The van der Waals surface area contributed by atoms with Crippen molar-refractivity contribution in [2.24, 2.45) is 0 Å². The Balaban J connectivity index is 1.64. The minimum absolute atomic E-state index is 0.228. The van der Waals surface area contributed by atoms with E-state index in [-0.39, 0.29) is 5.91 Å². The predicted octanol–water partition coefficient (Wildman–Crippen LogP) is 3.40. The van der Waals surface area contributed by atoms with Crippen molar-refractivity contribution in [2.45, 2.75) is 6.42 Å². The molecule has 1 aliphatic heterocycles. The maximum absolute atomic E-state index is 12.7. The molecule has 1 amide bonds. The zero-order valence-electron chi connectivity index (χ0n) is 14.0. The Hall–Kier alpha value is -2.22. The van der Waals surface area contributed by atoms with Gasteiger partial charge in [-0.05, 0) is 25.1 Å². The van der Waals surface area contributed by atoms with Crippen molar-refractivity contribution in [3.8, 4) is 0 Å². The summed E-state index contributed by atoms with van der Waals surface area (Å²) in [5.74, 6) is 0.583.